The van der Waals surface area contributed by atoms with Crippen LogP contribution in [-0.2, 0) is 16.0 Å². The van der Waals surface area contributed by atoms with Gasteiger partial charge in [0, 0.05) is 12.1 Å². The minimum Gasteiger partial charge on any atom is -0.468 e. The summed E-state index contributed by atoms with van der Waals surface area (Å²) < 4.78 is 4.46. The van der Waals surface area contributed by atoms with Gasteiger partial charge in [0.2, 0.25) is 0 Å². The second-order valence-electron chi connectivity index (χ2n) is 3.26. The van der Waals surface area contributed by atoms with E-state index < -0.39 is 16.9 Å². The maximum atomic E-state index is 11.1. The Morgan fingerprint density at radius 1 is 1.62 bits per heavy atom. The molecule has 0 bridgehead atoms. The molecule has 0 aliphatic rings. The molecule has 86 valence electrons. The number of esters is 1. The molecular formula is C10H12N2O4. The standard InChI is InChI=1S/C10H12N2O4/c1-16-10(13)9(11)6-7-3-2-4-8(5-7)12(14)15/h2-5,9H,6,11H2,1H3/t9-/m0/s1. The first-order chi connectivity index (χ1) is 7.54. The van der Waals surface area contributed by atoms with Crippen molar-refractivity contribution < 1.29 is 14.5 Å². The van der Waals surface area contributed by atoms with Gasteiger partial charge in [0.25, 0.3) is 5.69 Å². The van der Waals surface area contributed by atoms with Crippen LogP contribution in [0.2, 0.25) is 0 Å². The predicted molar refractivity (Wildman–Crippen MR) is 56.8 cm³/mol. The number of carbonyl (C=O) groups excluding carboxylic acids is 1. The van der Waals surface area contributed by atoms with Crippen molar-refractivity contribution in [1.82, 2.24) is 0 Å². The summed E-state index contributed by atoms with van der Waals surface area (Å²) in [5, 5.41) is 10.5. The van der Waals surface area contributed by atoms with Crippen LogP contribution in [0, 0.1) is 10.1 Å². The van der Waals surface area contributed by atoms with Crippen LogP contribution in [0.4, 0.5) is 5.69 Å². The third-order valence-electron chi connectivity index (χ3n) is 2.08. The molecule has 0 fully saturated rings. The zero-order valence-corrected chi connectivity index (χ0v) is 8.75. The van der Waals surface area contributed by atoms with Gasteiger partial charge in [-0.3, -0.25) is 14.9 Å². The van der Waals surface area contributed by atoms with E-state index in [4.69, 9.17) is 5.73 Å². The second kappa shape index (κ2) is 5.22. The maximum Gasteiger partial charge on any atom is 0.322 e. The summed E-state index contributed by atoms with van der Waals surface area (Å²) in [5.74, 6) is -0.536. The molecule has 16 heavy (non-hydrogen) atoms. The van der Waals surface area contributed by atoms with Gasteiger partial charge in [0.05, 0.1) is 12.0 Å². The lowest BCUT2D eigenvalue weighted by molar-refractivity contribution is -0.384. The summed E-state index contributed by atoms with van der Waals surface area (Å²) >= 11 is 0. The van der Waals surface area contributed by atoms with Crippen LogP contribution in [0.25, 0.3) is 0 Å². The molecule has 0 saturated carbocycles. The number of nitro groups is 1. The molecule has 1 atom stereocenters. The van der Waals surface area contributed by atoms with Gasteiger partial charge in [-0.1, -0.05) is 12.1 Å². The van der Waals surface area contributed by atoms with E-state index in [-0.39, 0.29) is 12.1 Å². The number of hydrogen-bond acceptors (Lipinski definition) is 5. The number of benzene rings is 1. The number of rotatable bonds is 4. The van der Waals surface area contributed by atoms with Crippen molar-refractivity contribution in [1.29, 1.82) is 0 Å². The minimum absolute atomic E-state index is 0.0189. The molecular weight excluding hydrogens is 212 g/mol. The van der Waals surface area contributed by atoms with Gasteiger partial charge in [-0.2, -0.15) is 0 Å². The number of nitro benzene ring substituents is 1. The summed E-state index contributed by atoms with van der Waals surface area (Å²) in [5.41, 5.74) is 6.15. The molecule has 0 spiro atoms. The topological polar surface area (TPSA) is 95.5 Å². The van der Waals surface area contributed by atoms with Gasteiger partial charge in [0.1, 0.15) is 6.04 Å². The molecule has 0 amide bonds. The van der Waals surface area contributed by atoms with E-state index >= 15 is 0 Å². The summed E-state index contributed by atoms with van der Waals surface area (Å²) in [4.78, 5) is 21.1. The largest absolute Gasteiger partial charge is 0.468 e. The number of methoxy groups -OCH3 is 1. The third kappa shape index (κ3) is 3.03. The maximum absolute atomic E-state index is 11.1. The molecule has 6 nitrogen and oxygen atoms in total. The van der Waals surface area contributed by atoms with Gasteiger partial charge < -0.3 is 10.5 Å². The lowest BCUT2D eigenvalue weighted by Gasteiger charge is -2.08. The first kappa shape index (κ1) is 12.1. The molecule has 6 heteroatoms. The molecule has 0 aliphatic carbocycles. The van der Waals surface area contributed by atoms with Gasteiger partial charge in [-0.15, -0.1) is 0 Å². The Kier molecular flexibility index (Phi) is 3.96. The minimum atomic E-state index is -0.799. The van der Waals surface area contributed by atoms with Crippen LogP contribution in [0.1, 0.15) is 5.56 Å². The lowest BCUT2D eigenvalue weighted by Crippen LogP contribution is -2.33. The van der Waals surface area contributed by atoms with Crippen molar-refractivity contribution in [3.8, 4) is 0 Å². The fourth-order valence-electron chi connectivity index (χ4n) is 1.29. The fourth-order valence-corrected chi connectivity index (χ4v) is 1.29. The zero-order chi connectivity index (χ0) is 12.1. The van der Waals surface area contributed by atoms with Gasteiger partial charge in [-0.05, 0) is 12.0 Å². The van der Waals surface area contributed by atoms with E-state index in [1.54, 1.807) is 12.1 Å². The molecule has 1 aromatic rings. The number of hydrogen-bond donors (Lipinski definition) is 1. The van der Waals surface area contributed by atoms with Crippen molar-refractivity contribution in [2.24, 2.45) is 5.73 Å². The van der Waals surface area contributed by atoms with Crippen molar-refractivity contribution in [2.75, 3.05) is 7.11 Å². The number of nitrogens with zero attached hydrogens (tertiary/aromatic N) is 1. The monoisotopic (exact) mass is 224 g/mol. The van der Waals surface area contributed by atoms with Crippen molar-refractivity contribution in [3.63, 3.8) is 0 Å². The number of ether oxygens (including phenoxy) is 1. The average Bonchev–Trinajstić information content (AvgIpc) is 2.28. The average molecular weight is 224 g/mol. The van der Waals surface area contributed by atoms with E-state index in [0.717, 1.165) is 0 Å². The quantitative estimate of drug-likeness (QED) is 0.460. The van der Waals surface area contributed by atoms with Crippen molar-refractivity contribution in [2.45, 2.75) is 12.5 Å². The van der Waals surface area contributed by atoms with E-state index in [0.29, 0.717) is 5.56 Å². The Morgan fingerprint density at radius 3 is 2.88 bits per heavy atom. The van der Waals surface area contributed by atoms with Crippen LogP contribution in [0.3, 0.4) is 0 Å². The molecule has 1 rings (SSSR count). The molecule has 0 aliphatic heterocycles. The summed E-state index contributed by atoms with van der Waals surface area (Å²) in [6.07, 6.45) is 0.217. The van der Waals surface area contributed by atoms with E-state index in [1.165, 1.54) is 19.2 Å². The Morgan fingerprint density at radius 2 is 2.31 bits per heavy atom. The molecule has 0 heterocycles. The Balaban J connectivity index is 2.78. The highest BCUT2D eigenvalue weighted by molar-refractivity contribution is 5.75. The summed E-state index contributed by atoms with van der Waals surface area (Å²) in [6, 6.07) is 5.20. The Bertz CT molecular complexity index is 406. The normalized spacial score (nSPS) is 11.9. The van der Waals surface area contributed by atoms with Crippen molar-refractivity contribution >= 4 is 11.7 Å². The van der Waals surface area contributed by atoms with E-state index in [2.05, 4.69) is 4.74 Å². The van der Waals surface area contributed by atoms with E-state index in [9.17, 15) is 14.9 Å². The first-order valence-electron chi connectivity index (χ1n) is 4.61. The highest BCUT2D eigenvalue weighted by Gasteiger charge is 2.15. The smallest absolute Gasteiger partial charge is 0.322 e. The summed E-state index contributed by atoms with van der Waals surface area (Å²) in [7, 11) is 1.25. The fraction of sp³-hybridized carbons (Fsp3) is 0.300. The van der Waals surface area contributed by atoms with Gasteiger partial charge in [-0.25, -0.2) is 0 Å². The molecule has 0 saturated heterocycles. The van der Waals surface area contributed by atoms with Crippen LogP contribution in [-0.4, -0.2) is 24.0 Å². The molecule has 0 aromatic heterocycles. The van der Waals surface area contributed by atoms with Crippen LogP contribution < -0.4 is 5.73 Å². The zero-order valence-electron chi connectivity index (χ0n) is 8.75. The second-order valence-corrected chi connectivity index (χ2v) is 3.26. The van der Waals surface area contributed by atoms with Crippen LogP contribution in [0.5, 0.6) is 0 Å². The highest BCUT2D eigenvalue weighted by atomic mass is 16.6. The first-order valence-corrected chi connectivity index (χ1v) is 4.61. The Labute approximate surface area is 92.2 Å². The molecule has 0 unspecified atom stereocenters. The third-order valence-corrected chi connectivity index (χ3v) is 2.08. The number of nitrogens with two attached hydrogens (primary N) is 1. The Hall–Kier alpha value is -1.95. The molecule has 2 N–H and O–H groups in total. The lowest BCUT2D eigenvalue weighted by atomic mass is 10.1. The van der Waals surface area contributed by atoms with E-state index in [1.807, 2.05) is 0 Å². The van der Waals surface area contributed by atoms with Gasteiger partial charge in [0.15, 0.2) is 0 Å². The number of non-ortho nitro benzene ring substituents is 1. The van der Waals surface area contributed by atoms with Crippen LogP contribution in [0.15, 0.2) is 24.3 Å². The molecule has 1 aromatic carbocycles. The van der Waals surface area contributed by atoms with Crippen LogP contribution >= 0.6 is 0 Å². The van der Waals surface area contributed by atoms with Gasteiger partial charge >= 0.3 is 5.97 Å². The SMILES string of the molecule is COC(=O)[C@@H](N)Cc1cccc([N+](=O)[O-])c1. The summed E-state index contributed by atoms with van der Waals surface area (Å²) in [6.45, 7) is 0. The predicted octanol–water partition coefficient (Wildman–Crippen LogP) is 0.638. The highest BCUT2D eigenvalue weighted by Crippen LogP contribution is 2.14. The number of carbonyl (C=O) groups is 1. The van der Waals surface area contributed by atoms with Crippen molar-refractivity contribution in [3.05, 3.63) is 39.9 Å². The molecule has 0 radical (unpaired) electrons.